The first kappa shape index (κ1) is 13.0. The summed E-state index contributed by atoms with van der Waals surface area (Å²) >= 11 is 0. The van der Waals surface area contributed by atoms with Gasteiger partial charge < -0.3 is 24.4 Å². The summed E-state index contributed by atoms with van der Waals surface area (Å²) in [4.78, 5) is 11.4. The van der Waals surface area contributed by atoms with Crippen LogP contribution in [0, 0.1) is 0 Å². The van der Waals surface area contributed by atoms with Crippen LogP contribution in [0.1, 0.15) is 17.3 Å². The van der Waals surface area contributed by atoms with Crippen molar-refractivity contribution in [2.75, 3.05) is 21.3 Å². The molecule has 6 nitrogen and oxygen atoms in total. The van der Waals surface area contributed by atoms with E-state index in [4.69, 9.17) is 14.2 Å². The van der Waals surface area contributed by atoms with E-state index >= 15 is 0 Å². The number of phenols is 2. The van der Waals surface area contributed by atoms with Crippen LogP contribution in [0.25, 0.3) is 0 Å². The highest BCUT2D eigenvalue weighted by Crippen LogP contribution is 2.52. The van der Waals surface area contributed by atoms with Crippen molar-refractivity contribution in [2.24, 2.45) is 0 Å². The molecule has 1 rings (SSSR count). The van der Waals surface area contributed by atoms with Crippen LogP contribution in [0.2, 0.25) is 0 Å². The number of ether oxygens (including phenoxy) is 3. The number of ketones is 1. The summed E-state index contributed by atoms with van der Waals surface area (Å²) in [6, 6.07) is 0. The number of carbonyl (C=O) groups is 1. The minimum atomic E-state index is -0.462. The van der Waals surface area contributed by atoms with Gasteiger partial charge in [-0.15, -0.1) is 0 Å². The molecule has 0 aromatic heterocycles. The van der Waals surface area contributed by atoms with Crippen LogP contribution in [0.15, 0.2) is 0 Å². The van der Waals surface area contributed by atoms with Crippen LogP contribution in [0.5, 0.6) is 28.7 Å². The number of methoxy groups -OCH3 is 3. The van der Waals surface area contributed by atoms with E-state index in [1.54, 1.807) is 0 Å². The number of aromatic hydroxyl groups is 2. The predicted octanol–water partition coefficient (Wildman–Crippen LogP) is 1.33. The fourth-order valence-corrected chi connectivity index (χ4v) is 1.56. The fourth-order valence-electron chi connectivity index (χ4n) is 1.56. The summed E-state index contributed by atoms with van der Waals surface area (Å²) in [6.07, 6.45) is 0. The molecule has 0 amide bonds. The number of rotatable bonds is 4. The molecule has 0 atom stereocenters. The van der Waals surface area contributed by atoms with E-state index in [1.165, 1.54) is 28.3 Å². The fraction of sp³-hybridized carbons (Fsp3) is 0.364. The van der Waals surface area contributed by atoms with Gasteiger partial charge in [0, 0.05) is 0 Å². The Hall–Kier alpha value is -2.11. The molecule has 0 unspecified atom stereocenters. The summed E-state index contributed by atoms with van der Waals surface area (Å²) in [5.74, 6) is -1.63. The van der Waals surface area contributed by atoms with E-state index in [0.717, 1.165) is 0 Å². The number of Topliss-reactive ketones (excluding diaryl/α,β-unsaturated/α-hetero) is 1. The molecule has 0 spiro atoms. The van der Waals surface area contributed by atoms with Crippen LogP contribution in [-0.2, 0) is 0 Å². The van der Waals surface area contributed by atoms with E-state index in [-0.39, 0.29) is 22.8 Å². The second-order valence-corrected chi connectivity index (χ2v) is 3.23. The largest absolute Gasteiger partial charge is 0.504 e. The van der Waals surface area contributed by atoms with Crippen LogP contribution in [-0.4, -0.2) is 37.3 Å². The topological polar surface area (TPSA) is 85.2 Å². The average Bonchev–Trinajstić information content (AvgIpc) is 2.29. The highest BCUT2D eigenvalue weighted by Gasteiger charge is 2.28. The molecule has 0 aliphatic rings. The Morgan fingerprint density at radius 1 is 0.882 bits per heavy atom. The van der Waals surface area contributed by atoms with Crippen molar-refractivity contribution in [1.29, 1.82) is 0 Å². The first-order valence-corrected chi connectivity index (χ1v) is 4.74. The zero-order valence-corrected chi connectivity index (χ0v) is 10.0. The molecular formula is C11H14O6. The Kier molecular flexibility index (Phi) is 3.67. The molecule has 0 heterocycles. The Morgan fingerprint density at radius 3 is 1.65 bits per heavy atom. The minimum Gasteiger partial charge on any atom is -0.504 e. The van der Waals surface area contributed by atoms with E-state index in [2.05, 4.69) is 0 Å². The van der Waals surface area contributed by atoms with Gasteiger partial charge in [-0.1, -0.05) is 0 Å². The first-order chi connectivity index (χ1) is 7.99. The lowest BCUT2D eigenvalue weighted by molar-refractivity contribution is 0.101. The number of phenolic OH excluding ortho intramolecular Hbond substituents is 2. The molecule has 1 aromatic rings. The second kappa shape index (κ2) is 4.82. The maximum absolute atomic E-state index is 11.4. The maximum atomic E-state index is 11.4. The van der Waals surface area contributed by atoms with E-state index in [0.29, 0.717) is 0 Å². The lowest BCUT2D eigenvalue weighted by Gasteiger charge is -2.16. The van der Waals surface area contributed by atoms with Gasteiger partial charge in [-0.3, -0.25) is 4.79 Å². The standard InChI is InChI=1S/C11H14O6/c1-5(12)6-7(13)10(16-3)11(17-4)8(14)9(6)15-2/h13-14H,1-4H3. The van der Waals surface area contributed by atoms with Crippen molar-refractivity contribution in [2.45, 2.75) is 6.92 Å². The molecule has 0 saturated heterocycles. The Bertz CT molecular complexity index is 452. The number of hydrogen-bond donors (Lipinski definition) is 2. The molecule has 94 valence electrons. The van der Waals surface area contributed by atoms with Crippen LogP contribution < -0.4 is 14.2 Å². The molecule has 17 heavy (non-hydrogen) atoms. The Morgan fingerprint density at radius 2 is 1.29 bits per heavy atom. The van der Waals surface area contributed by atoms with Gasteiger partial charge in [-0.2, -0.15) is 0 Å². The van der Waals surface area contributed by atoms with Gasteiger partial charge in [0.2, 0.25) is 17.2 Å². The molecule has 6 heteroatoms. The summed E-state index contributed by atoms with van der Waals surface area (Å²) in [5, 5.41) is 19.8. The summed E-state index contributed by atoms with van der Waals surface area (Å²) in [7, 11) is 3.85. The average molecular weight is 242 g/mol. The summed E-state index contributed by atoms with van der Waals surface area (Å²) in [5.41, 5.74) is -0.150. The Balaban J connectivity index is 3.73. The van der Waals surface area contributed by atoms with Gasteiger partial charge in [-0.05, 0) is 6.92 Å². The Labute approximate surface area is 98.3 Å². The van der Waals surface area contributed by atoms with Crippen molar-refractivity contribution in [3.05, 3.63) is 5.56 Å². The van der Waals surface area contributed by atoms with E-state index < -0.39 is 17.3 Å². The van der Waals surface area contributed by atoms with Gasteiger partial charge in [-0.25, -0.2) is 0 Å². The van der Waals surface area contributed by atoms with Gasteiger partial charge in [0.05, 0.1) is 21.3 Å². The molecule has 0 aliphatic heterocycles. The molecule has 0 aliphatic carbocycles. The molecule has 2 N–H and O–H groups in total. The lowest BCUT2D eigenvalue weighted by atomic mass is 10.1. The zero-order chi connectivity index (χ0) is 13.2. The molecule has 0 radical (unpaired) electrons. The third-order valence-electron chi connectivity index (χ3n) is 2.28. The van der Waals surface area contributed by atoms with E-state index in [9.17, 15) is 15.0 Å². The van der Waals surface area contributed by atoms with Crippen molar-refractivity contribution in [1.82, 2.24) is 0 Å². The minimum absolute atomic E-state index is 0.0909. The summed E-state index contributed by atoms with van der Waals surface area (Å²) in [6.45, 7) is 1.24. The van der Waals surface area contributed by atoms with Crippen molar-refractivity contribution in [3.8, 4) is 28.7 Å². The second-order valence-electron chi connectivity index (χ2n) is 3.23. The van der Waals surface area contributed by atoms with Crippen LogP contribution in [0.3, 0.4) is 0 Å². The summed E-state index contributed by atoms with van der Waals surface area (Å²) < 4.78 is 14.7. The van der Waals surface area contributed by atoms with Crippen molar-refractivity contribution < 1.29 is 29.2 Å². The number of hydrogen-bond acceptors (Lipinski definition) is 6. The smallest absolute Gasteiger partial charge is 0.211 e. The normalized spacial score (nSPS) is 9.88. The molecule has 0 bridgehead atoms. The lowest BCUT2D eigenvalue weighted by Crippen LogP contribution is -2.02. The van der Waals surface area contributed by atoms with Crippen molar-refractivity contribution in [3.63, 3.8) is 0 Å². The van der Waals surface area contributed by atoms with Crippen LogP contribution in [0.4, 0.5) is 0 Å². The highest BCUT2D eigenvalue weighted by atomic mass is 16.5. The van der Waals surface area contributed by atoms with Crippen molar-refractivity contribution >= 4 is 5.78 Å². The molecule has 1 aromatic carbocycles. The zero-order valence-electron chi connectivity index (χ0n) is 10.0. The SMILES string of the molecule is COc1c(O)c(OC)c(C(C)=O)c(O)c1OC. The van der Waals surface area contributed by atoms with Crippen LogP contribution >= 0.6 is 0 Å². The predicted molar refractivity (Wildman–Crippen MR) is 59.4 cm³/mol. The van der Waals surface area contributed by atoms with Gasteiger partial charge in [0.1, 0.15) is 5.56 Å². The third kappa shape index (κ3) is 1.93. The third-order valence-corrected chi connectivity index (χ3v) is 2.28. The van der Waals surface area contributed by atoms with Gasteiger partial charge >= 0.3 is 0 Å². The maximum Gasteiger partial charge on any atom is 0.211 e. The molecular weight excluding hydrogens is 228 g/mol. The van der Waals surface area contributed by atoms with Gasteiger partial charge in [0.15, 0.2) is 17.3 Å². The number of carbonyl (C=O) groups excluding carboxylic acids is 1. The first-order valence-electron chi connectivity index (χ1n) is 4.74. The van der Waals surface area contributed by atoms with E-state index in [1.807, 2.05) is 0 Å². The number of benzene rings is 1. The van der Waals surface area contributed by atoms with Gasteiger partial charge in [0.25, 0.3) is 0 Å². The monoisotopic (exact) mass is 242 g/mol. The highest BCUT2D eigenvalue weighted by molar-refractivity contribution is 6.02. The molecule has 0 saturated carbocycles. The quantitative estimate of drug-likeness (QED) is 0.612. The molecule has 0 fully saturated rings.